The number of anilines is 2. The van der Waals surface area contributed by atoms with Gasteiger partial charge in [-0.05, 0) is 47.9 Å². The number of hydrogen-bond donors (Lipinski definition) is 3. The molecule has 1 aliphatic rings. The van der Waals surface area contributed by atoms with Crippen LogP contribution in [-0.4, -0.2) is 43.1 Å². The smallest absolute Gasteiger partial charge is 0.323 e. The lowest BCUT2D eigenvalue weighted by Crippen LogP contribution is -2.47. The Morgan fingerprint density at radius 2 is 1.96 bits per heavy atom. The molecule has 0 bridgehead atoms. The summed E-state index contributed by atoms with van der Waals surface area (Å²) in [7, 11) is 1.51. The summed E-state index contributed by atoms with van der Waals surface area (Å²) in [5.41, 5.74) is 8.98. The lowest BCUT2D eigenvalue weighted by molar-refractivity contribution is -0.134. The van der Waals surface area contributed by atoms with Gasteiger partial charge in [0.05, 0.1) is 6.61 Å². The van der Waals surface area contributed by atoms with Gasteiger partial charge < -0.3 is 26.0 Å². The van der Waals surface area contributed by atoms with E-state index in [2.05, 4.69) is 10.6 Å². The third kappa shape index (κ3) is 4.65. The highest BCUT2D eigenvalue weighted by Gasteiger charge is 2.26. The molecule has 2 aromatic rings. The number of carbonyl (C=O) groups excluding carboxylic acids is 2. The Labute approximate surface area is 162 Å². The highest BCUT2D eigenvalue weighted by Crippen LogP contribution is 2.26. The van der Waals surface area contributed by atoms with Gasteiger partial charge in [-0.2, -0.15) is 0 Å². The van der Waals surface area contributed by atoms with Crippen molar-refractivity contribution in [3.05, 3.63) is 59.4 Å². The molecule has 1 heterocycles. The third-order valence-corrected chi connectivity index (χ3v) is 4.59. The first kappa shape index (κ1) is 19.8. The summed E-state index contributed by atoms with van der Waals surface area (Å²) in [6.07, 6.45) is 0.605. The van der Waals surface area contributed by atoms with Gasteiger partial charge in [-0.1, -0.05) is 12.1 Å². The topological polar surface area (TPSA) is 96.7 Å². The van der Waals surface area contributed by atoms with Crippen LogP contribution in [0, 0.1) is 5.82 Å². The second-order valence-corrected chi connectivity index (χ2v) is 6.60. The Bertz CT molecular complexity index is 857. The Morgan fingerprint density at radius 1 is 1.21 bits per heavy atom. The Hall–Kier alpha value is -2.97. The van der Waals surface area contributed by atoms with Crippen molar-refractivity contribution >= 4 is 23.3 Å². The van der Waals surface area contributed by atoms with Crippen LogP contribution in [0.25, 0.3) is 0 Å². The average molecular weight is 386 g/mol. The SMILES string of the molecule is COCC(N)C(=O)N1CCc2c(cccc2NC(=O)Nc2ccc(F)cc2)C1. The molecule has 0 saturated carbocycles. The second-order valence-electron chi connectivity index (χ2n) is 6.60. The summed E-state index contributed by atoms with van der Waals surface area (Å²) >= 11 is 0. The van der Waals surface area contributed by atoms with Gasteiger partial charge in [0.2, 0.25) is 5.91 Å². The monoisotopic (exact) mass is 386 g/mol. The second kappa shape index (κ2) is 8.81. The van der Waals surface area contributed by atoms with Crippen LogP contribution in [-0.2, 0) is 22.5 Å². The Kier molecular flexibility index (Phi) is 6.23. The molecule has 3 amide bonds. The van der Waals surface area contributed by atoms with Gasteiger partial charge in [0.15, 0.2) is 0 Å². The molecule has 0 fully saturated rings. The van der Waals surface area contributed by atoms with Crippen LogP contribution in [0.5, 0.6) is 0 Å². The molecule has 2 aromatic carbocycles. The van der Waals surface area contributed by atoms with Crippen LogP contribution in [0.3, 0.4) is 0 Å². The zero-order valence-corrected chi connectivity index (χ0v) is 15.6. The van der Waals surface area contributed by atoms with Crippen LogP contribution in [0.1, 0.15) is 11.1 Å². The van der Waals surface area contributed by atoms with Crippen LogP contribution >= 0.6 is 0 Å². The van der Waals surface area contributed by atoms with Gasteiger partial charge in [-0.15, -0.1) is 0 Å². The van der Waals surface area contributed by atoms with Gasteiger partial charge in [0, 0.05) is 31.6 Å². The molecule has 1 atom stereocenters. The van der Waals surface area contributed by atoms with Gasteiger partial charge in [-0.25, -0.2) is 9.18 Å². The number of halogens is 1. The van der Waals surface area contributed by atoms with Gasteiger partial charge >= 0.3 is 6.03 Å². The lowest BCUT2D eigenvalue weighted by atomic mass is 9.97. The van der Waals surface area contributed by atoms with Crippen LogP contribution in [0.2, 0.25) is 0 Å². The number of ether oxygens (including phenoxy) is 1. The van der Waals surface area contributed by atoms with E-state index in [-0.39, 0.29) is 18.3 Å². The van der Waals surface area contributed by atoms with Gasteiger partial charge in [0.1, 0.15) is 11.9 Å². The molecule has 3 rings (SSSR count). The number of hydrogen-bond acceptors (Lipinski definition) is 4. The zero-order chi connectivity index (χ0) is 20.1. The molecule has 1 unspecified atom stereocenters. The Balaban J connectivity index is 1.67. The molecule has 1 aliphatic heterocycles. The first-order valence-corrected chi connectivity index (χ1v) is 8.95. The minimum atomic E-state index is -0.686. The van der Waals surface area contributed by atoms with E-state index in [9.17, 15) is 14.0 Å². The number of nitrogens with one attached hydrogen (secondary N) is 2. The van der Waals surface area contributed by atoms with E-state index in [4.69, 9.17) is 10.5 Å². The maximum Gasteiger partial charge on any atom is 0.323 e. The molecule has 148 valence electrons. The summed E-state index contributed by atoms with van der Waals surface area (Å²) in [4.78, 5) is 26.4. The maximum absolute atomic E-state index is 13.0. The number of rotatable bonds is 5. The summed E-state index contributed by atoms with van der Waals surface area (Å²) in [6, 6.07) is 10.0. The number of carbonyl (C=O) groups is 2. The van der Waals surface area contributed by atoms with Gasteiger partial charge in [-0.3, -0.25) is 4.79 Å². The fourth-order valence-corrected chi connectivity index (χ4v) is 3.22. The molecular formula is C20H23FN4O3. The molecule has 0 aliphatic carbocycles. The molecular weight excluding hydrogens is 363 g/mol. The minimum absolute atomic E-state index is 0.153. The quantitative estimate of drug-likeness (QED) is 0.735. The molecule has 4 N–H and O–H groups in total. The van der Waals surface area contributed by atoms with Crippen molar-refractivity contribution in [2.24, 2.45) is 5.73 Å². The van der Waals surface area contributed by atoms with Crippen molar-refractivity contribution in [2.45, 2.75) is 19.0 Å². The Morgan fingerprint density at radius 3 is 2.68 bits per heavy atom. The summed E-state index contributed by atoms with van der Waals surface area (Å²) in [5, 5.41) is 5.50. The third-order valence-electron chi connectivity index (χ3n) is 4.59. The largest absolute Gasteiger partial charge is 0.383 e. The lowest BCUT2D eigenvalue weighted by Gasteiger charge is -2.31. The molecule has 0 aromatic heterocycles. The summed E-state index contributed by atoms with van der Waals surface area (Å²) < 4.78 is 17.9. The van der Waals surface area contributed by atoms with Crippen molar-refractivity contribution in [3.8, 4) is 0 Å². The van der Waals surface area contributed by atoms with Crippen molar-refractivity contribution in [3.63, 3.8) is 0 Å². The molecule has 0 radical (unpaired) electrons. The van der Waals surface area contributed by atoms with E-state index in [0.29, 0.717) is 30.9 Å². The molecule has 0 spiro atoms. The predicted molar refractivity (Wildman–Crippen MR) is 104 cm³/mol. The average Bonchev–Trinajstić information content (AvgIpc) is 2.69. The van der Waals surface area contributed by atoms with Crippen LogP contribution < -0.4 is 16.4 Å². The fraction of sp³-hybridized carbons (Fsp3) is 0.300. The van der Waals surface area contributed by atoms with Crippen molar-refractivity contribution < 1.29 is 18.7 Å². The first-order valence-electron chi connectivity index (χ1n) is 8.95. The number of amides is 3. The number of nitrogens with two attached hydrogens (primary N) is 1. The van der Waals surface area contributed by atoms with Gasteiger partial charge in [0.25, 0.3) is 0 Å². The van der Waals surface area contributed by atoms with Crippen molar-refractivity contribution in [1.29, 1.82) is 0 Å². The minimum Gasteiger partial charge on any atom is -0.383 e. The zero-order valence-electron chi connectivity index (χ0n) is 15.6. The summed E-state index contributed by atoms with van der Waals surface area (Å²) in [5.74, 6) is -0.521. The number of nitrogens with zero attached hydrogens (tertiary/aromatic N) is 1. The molecule has 7 nitrogen and oxygen atoms in total. The normalized spacial score (nSPS) is 14.2. The molecule has 0 saturated heterocycles. The maximum atomic E-state index is 13.0. The molecule has 8 heteroatoms. The van der Waals surface area contributed by atoms with Crippen molar-refractivity contribution in [1.82, 2.24) is 4.90 Å². The molecule has 28 heavy (non-hydrogen) atoms. The van der Waals surface area contributed by atoms with Crippen molar-refractivity contribution in [2.75, 3.05) is 30.9 Å². The predicted octanol–water partition coefficient (Wildman–Crippen LogP) is 2.33. The number of benzene rings is 2. The van der Waals surface area contributed by atoms with E-state index in [1.54, 1.807) is 4.90 Å². The van der Waals surface area contributed by atoms with Crippen LogP contribution in [0.4, 0.5) is 20.6 Å². The van der Waals surface area contributed by atoms with E-state index >= 15 is 0 Å². The van der Waals surface area contributed by atoms with E-state index in [1.165, 1.54) is 31.4 Å². The van der Waals surface area contributed by atoms with E-state index in [1.807, 2.05) is 18.2 Å². The summed E-state index contributed by atoms with van der Waals surface area (Å²) in [6.45, 7) is 1.12. The highest BCUT2D eigenvalue weighted by atomic mass is 19.1. The standard InChI is InChI=1S/C20H23FN4O3/c1-28-12-17(22)19(26)25-10-9-16-13(11-25)3-2-4-18(16)24-20(27)23-15-7-5-14(21)6-8-15/h2-8,17H,9-12,22H2,1H3,(H2,23,24,27). The highest BCUT2D eigenvalue weighted by molar-refractivity contribution is 6.00. The van der Waals surface area contributed by atoms with E-state index in [0.717, 1.165) is 11.1 Å². The number of urea groups is 1. The van der Waals surface area contributed by atoms with Crippen LogP contribution in [0.15, 0.2) is 42.5 Å². The number of fused-ring (bicyclic) bond motifs is 1. The fourth-order valence-electron chi connectivity index (χ4n) is 3.22. The number of methoxy groups -OCH3 is 1. The van der Waals surface area contributed by atoms with E-state index < -0.39 is 12.1 Å². The first-order chi connectivity index (χ1) is 13.5.